The van der Waals surface area contributed by atoms with Crippen molar-refractivity contribution in [1.82, 2.24) is 4.98 Å². The molecule has 0 aliphatic heterocycles. The van der Waals surface area contributed by atoms with Crippen molar-refractivity contribution < 1.29 is 14.3 Å². The molecule has 2 rings (SSSR count). The van der Waals surface area contributed by atoms with Crippen LogP contribution in [0.1, 0.15) is 37.2 Å². The third kappa shape index (κ3) is 2.32. The molecule has 1 heterocycles. The summed E-state index contributed by atoms with van der Waals surface area (Å²) in [5, 5.41) is 9.16. The minimum absolute atomic E-state index is 0.172. The normalized spacial score (nSPS) is 18.1. The lowest BCUT2D eigenvalue weighted by Crippen LogP contribution is -2.12. The van der Waals surface area contributed by atoms with Gasteiger partial charge in [-0.1, -0.05) is 0 Å². The van der Waals surface area contributed by atoms with Crippen LogP contribution in [0.3, 0.4) is 0 Å². The minimum Gasteiger partial charge on any atom is -0.493 e. The molecule has 1 N–H and O–H groups in total. The number of ketones is 1. The molecule has 1 aromatic rings. The molecule has 0 bridgehead atoms. The van der Waals surface area contributed by atoms with Crippen molar-refractivity contribution in [2.75, 3.05) is 0 Å². The second-order valence-corrected chi connectivity index (χ2v) is 3.89. The molecular formula is C11H12FNO2. The van der Waals surface area contributed by atoms with E-state index in [0.717, 1.165) is 18.4 Å². The van der Waals surface area contributed by atoms with Gasteiger partial charge in [-0.15, -0.1) is 0 Å². The Morgan fingerprint density at radius 2 is 2.00 bits per heavy atom. The molecule has 0 aromatic carbocycles. The highest BCUT2D eigenvalue weighted by Crippen LogP contribution is 2.32. The summed E-state index contributed by atoms with van der Waals surface area (Å²) in [5.41, 5.74) is 0.743. The summed E-state index contributed by atoms with van der Waals surface area (Å²) in [7, 11) is 0. The van der Waals surface area contributed by atoms with Gasteiger partial charge in [0.1, 0.15) is 5.78 Å². The molecule has 0 saturated heterocycles. The summed E-state index contributed by atoms with van der Waals surface area (Å²) >= 11 is 0. The fraction of sp³-hybridized carbons (Fsp3) is 0.455. The monoisotopic (exact) mass is 209 g/mol. The summed E-state index contributed by atoms with van der Waals surface area (Å²) in [6, 6.07) is 2.81. The summed E-state index contributed by atoms with van der Waals surface area (Å²) in [6.45, 7) is 0. The molecule has 15 heavy (non-hydrogen) atoms. The SMILES string of the molecule is O=C1CCC(c2cc(O)nc(F)c2)CC1. The van der Waals surface area contributed by atoms with Gasteiger partial charge < -0.3 is 5.11 Å². The Morgan fingerprint density at radius 3 is 2.60 bits per heavy atom. The predicted molar refractivity (Wildman–Crippen MR) is 52.1 cm³/mol. The van der Waals surface area contributed by atoms with Gasteiger partial charge in [0.2, 0.25) is 11.8 Å². The minimum atomic E-state index is -0.665. The lowest BCUT2D eigenvalue weighted by Gasteiger charge is -2.21. The first-order valence-corrected chi connectivity index (χ1v) is 5.03. The van der Waals surface area contributed by atoms with Crippen LogP contribution in [0.25, 0.3) is 0 Å². The summed E-state index contributed by atoms with van der Waals surface area (Å²) < 4.78 is 12.9. The van der Waals surface area contributed by atoms with Gasteiger partial charge in [-0.25, -0.2) is 0 Å². The highest BCUT2D eigenvalue weighted by atomic mass is 19.1. The average molecular weight is 209 g/mol. The Hall–Kier alpha value is -1.45. The number of Topliss-reactive ketones (excluding diaryl/α,β-unsaturated/α-hetero) is 1. The molecule has 4 heteroatoms. The van der Waals surface area contributed by atoms with E-state index in [2.05, 4.69) is 4.98 Å². The second-order valence-electron chi connectivity index (χ2n) is 3.89. The van der Waals surface area contributed by atoms with Crippen molar-refractivity contribution in [3.8, 4) is 5.88 Å². The Labute approximate surface area is 87.0 Å². The maximum absolute atomic E-state index is 12.9. The molecule has 3 nitrogen and oxygen atoms in total. The van der Waals surface area contributed by atoms with Gasteiger partial charge >= 0.3 is 0 Å². The second kappa shape index (κ2) is 3.96. The van der Waals surface area contributed by atoms with Crippen molar-refractivity contribution in [3.05, 3.63) is 23.6 Å². The van der Waals surface area contributed by atoms with Crippen molar-refractivity contribution in [3.63, 3.8) is 0 Å². The largest absolute Gasteiger partial charge is 0.493 e. The van der Waals surface area contributed by atoms with Crippen LogP contribution in [0, 0.1) is 5.95 Å². The summed E-state index contributed by atoms with van der Waals surface area (Å²) in [6.07, 6.45) is 2.58. The maximum Gasteiger partial charge on any atom is 0.216 e. The molecule has 1 aromatic heterocycles. The number of nitrogens with zero attached hydrogens (tertiary/aromatic N) is 1. The van der Waals surface area contributed by atoms with Crippen LogP contribution in [0.4, 0.5) is 4.39 Å². The number of aromatic nitrogens is 1. The number of carbonyl (C=O) groups is 1. The van der Waals surface area contributed by atoms with Crippen LogP contribution >= 0.6 is 0 Å². The van der Waals surface area contributed by atoms with E-state index in [0.29, 0.717) is 12.8 Å². The van der Waals surface area contributed by atoms with E-state index in [-0.39, 0.29) is 17.6 Å². The molecule has 1 fully saturated rings. The van der Waals surface area contributed by atoms with Crippen LogP contribution in [-0.2, 0) is 4.79 Å². The van der Waals surface area contributed by atoms with E-state index in [4.69, 9.17) is 5.11 Å². The average Bonchev–Trinajstić information content (AvgIpc) is 2.17. The van der Waals surface area contributed by atoms with Crippen LogP contribution in [-0.4, -0.2) is 15.9 Å². The molecule has 0 atom stereocenters. The van der Waals surface area contributed by atoms with Crippen molar-refractivity contribution in [2.45, 2.75) is 31.6 Å². The van der Waals surface area contributed by atoms with Crippen molar-refractivity contribution >= 4 is 5.78 Å². The number of hydrogen-bond donors (Lipinski definition) is 1. The lowest BCUT2D eigenvalue weighted by molar-refractivity contribution is -0.120. The number of halogens is 1. The van der Waals surface area contributed by atoms with E-state index in [9.17, 15) is 9.18 Å². The van der Waals surface area contributed by atoms with Crippen LogP contribution in [0.15, 0.2) is 12.1 Å². The first-order valence-electron chi connectivity index (χ1n) is 5.03. The zero-order valence-electron chi connectivity index (χ0n) is 8.24. The molecule has 1 aliphatic carbocycles. The fourth-order valence-corrected chi connectivity index (χ4v) is 2.01. The standard InChI is InChI=1S/C11H12FNO2/c12-10-5-8(6-11(15)13-10)7-1-3-9(14)4-2-7/h5-7H,1-4H2,(H,13,15). The van der Waals surface area contributed by atoms with Crippen LogP contribution in [0.5, 0.6) is 5.88 Å². The smallest absolute Gasteiger partial charge is 0.216 e. The fourth-order valence-electron chi connectivity index (χ4n) is 2.01. The van der Waals surface area contributed by atoms with Gasteiger partial charge in [-0.3, -0.25) is 4.79 Å². The van der Waals surface area contributed by atoms with Gasteiger partial charge in [0.15, 0.2) is 0 Å². The Bertz CT molecular complexity index is 362. The highest BCUT2D eigenvalue weighted by molar-refractivity contribution is 5.79. The molecule has 0 amide bonds. The Morgan fingerprint density at radius 1 is 1.33 bits per heavy atom. The van der Waals surface area contributed by atoms with Gasteiger partial charge in [0.25, 0.3) is 0 Å². The summed E-state index contributed by atoms with van der Waals surface area (Å²) in [5.74, 6) is -0.514. The topological polar surface area (TPSA) is 50.2 Å². The van der Waals surface area contributed by atoms with Gasteiger partial charge in [-0.05, 0) is 30.4 Å². The molecule has 80 valence electrons. The molecule has 1 aliphatic rings. The third-order valence-corrected chi connectivity index (χ3v) is 2.82. The zero-order chi connectivity index (χ0) is 10.8. The molecule has 0 spiro atoms. The Kier molecular flexibility index (Phi) is 2.66. The van der Waals surface area contributed by atoms with E-state index in [1.54, 1.807) is 0 Å². The maximum atomic E-state index is 12.9. The predicted octanol–water partition coefficient (Wildman–Crippen LogP) is 2.15. The number of pyridine rings is 1. The molecule has 0 radical (unpaired) electrons. The molecule has 0 unspecified atom stereocenters. The number of hydrogen-bond acceptors (Lipinski definition) is 3. The third-order valence-electron chi connectivity index (χ3n) is 2.82. The molecule has 1 saturated carbocycles. The Balaban J connectivity index is 2.18. The first-order chi connectivity index (χ1) is 7.15. The van der Waals surface area contributed by atoms with Crippen molar-refractivity contribution in [1.29, 1.82) is 0 Å². The van der Waals surface area contributed by atoms with E-state index >= 15 is 0 Å². The van der Waals surface area contributed by atoms with Crippen molar-refractivity contribution in [2.24, 2.45) is 0 Å². The number of carbonyl (C=O) groups excluding carboxylic acids is 1. The molecular weight excluding hydrogens is 197 g/mol. The first kappa shape index (κ1) is 10.1. The van der Waals surface area contributed by atoms with Gasteiger partial charge in [0, 0.05) is 18.9 Å². The van der Waals surface area contributed by atoms with E-state index in [1.807, 2.05) is 0 Å². The summed E-state index contributed by atoms with van der Waals surface area (Å²) in [4.78, 5) is 14.3. The quantitative estimate of drug-likeness (QED) is 0.721. The van der Waals surface area contributed by atoms with Gasteiger partial charge in [-0.2, -0.15) is 9.37 Å². The van der Waals surface area contributed by atoms with E-state index < -0.39 is 5.95 Å². The number of rotatable bonds is 1. The number of aromatic hydroxyl groups is 1. The van der Waals surface area contributed by atoms with Gasteiger partial charge in [0.05, 0.1) is 0 Å². The lowest BCUT2D eigenvalue weighted by atomic mass is 9.84. The zero-order valence-corrected chi connectivity index (χ0v) is 8.24. The van der Waals surface area contributed by atoms with E-state index in [1.165, 1.54) is 12.1 Å². The van der Waals surface area contributed by atoms with Crippen LogP contribution < -0.4 is 0 Å². The van der Waals surface area contributed by atoms with Crippen LogP contribution in [0.2, 0.25) is 0 Å². The highest BCUT2D eigenvalue weighted by Gasteiger charge is 2.21.